The van der Waals surface area contributed by atoms with E-state index in [0.717, 1.165) is 12.5 Å². The highest BCUT2D eigenvalue weighted by Crippen LogP contribution is 2.31. The van der Waals surface area contributed by atoms with Crippen LogP contribution in [0.4, 0.5) is 11.4 Å². The summed E-state index contributed by atoms with van der Waals surface area (Å²) in [6.07, 6.45) is 0.788. The smallest absolute Gasteiger partial charge is 0.293 e. The van der Waals surface area contributed by atoms with Crippen molar-refractivity contribution in [3.63, 3.8) is 0 Å². The third-order valence-electron chi connectivity index (χ3n) is 2.92. The van der Waals surface area contributed by atoms with Gasteiger partial charge < -0.3 is 5.73 Å². The summed E-state index contributed by atoms with van der Waals surface area (Å²) in [6.45, 7) is 1.93. The van der Waals surface area contributed by atoms with E-state index in [9.17, 15) is 18.5 Å². The summed E-state index contributed by atoms with van der Waals surface area (Å²) >= 11 is 0. The van der Waals surface area contributed by atoms with Gasteiger partial charge in [0.25, 0.3) is 5.69 Å². The summed E-state index contributed by atoms with van der Waals surface area (Å²) in [6, 6.07) is 3.39. The Balaban J connectivity index is 2.33. The molecular weight excluding hydrogens is 258 g/mol. The Morgan fingerprint density at radius 2 is 2.11 bits per heavy atom. The number of nitrogen functional groups attached to an aromatic ring is 1. The number of nitro benzene ring substituents is 1. The molecule has 8 heteroatoms. The molecule has 98 valence electrons. The third-order valence-corrected chi connectivity index (χ3v) is 4.41. The van der Waals surface area contributed by atoms with Gasteiger partial charge in [-0.1, -0.05) is 6.92 Å². The number of anilines is 1. The number of benzene rings is 1. The Morgan fingerprint density at radius 3 is 2.61 bits per heavy atom. The summed E-state index contributed by atoms with van der Waals surface area (Å²) in [7, 11) is -3.71. The Bertz CT molecular complexity index is 599. The zero-order chi connectivity index (χ0) is 13.5. The molecule has 18 heavy (non-hydrogen) atoms. The van der Waals surface area contributed by atoms with Crippen LogP contribution in [0.2, 0.25) is 0 Å². The van der Waals surface area contributed by atoms with Crippen molar-refractivity contribution < 1.29 is 13.3 Å². The second-order valence-corrected chi connectivity index (χ2v) is 6.13. The van der Waals surface area contributed by atoms with Crippen LogP contribution in [0.25, 0.3) is 0 Å². The summed E-state index contributed by atoms with van der Waals surface area (Å²) in [5.41, 5.74) is 4.95. The molecule has 0 saturated heterocycles. The molecule has 0 spiro atoms. The third kappa shape index (κ3) is 2.44. The summed E-state index contributed by atoms with van der Waals surface area (Å²) in [5, 5.41) is 10.7. The van der Waals surface area contributed by atoms with Crippen molar-refractivity contribution in [1.82, 2.24) is 4.72 Å². The van der Waals surface area contributed by atoms with Crippen LogP contribution in [0.1, 0.15) is 13.3 Å². The standard InChI is InChI=1S/C10H13N3O4S/c1-6-4-9(6)12-18(16,17)7-2-3-8(11)10(5-7)13(14)15/h2-3,5-6,9,12H,4,11H2,1H3. The number of sulfonamides is 1. The van der Waals surface area contributed by atoms with Crippen molar-refractivity contribution in [3.05, 3.63) is 28.3 Å². The Morgan fingerprint density at radius 1 is 1.50 bits per heavy atom. The molecule has 0 bridgehead atoms. The highest BCUT2D eigenvalue weighted by molar-refractivity contribution is 7.89. The van der Waals surface area contributed by atoms with Crippen molar-refractivity contribution in [2.24, 2.45) is 5.92 Å². The number of nitro groups is 1. The van der Waals surface area contributed by atoms with Gasteiger partial charge in [0.1, 0.15) is 5.69 Å². The second kappa shape index (κ2) is 4.21. The monoisotopic (exact) mass is 271 g/mol. The maximum atomic E-state index is 11.9. The molecule has 7 nitrogen and oxygen atoms in total. The van der Waals surface area contributed by atoms with Crippen LogP contribution in [0.5, 0.6) is 0 Å². The number of nitrogens with two attached hydrogens (primary N) is 1. The van der Waals surface area contributed by atoms with Crippen LogP contribution in [0, 0.1) is 16.0 Å². The molecule has 0 heterocycles. The molecule has 0 amide bonds. The van der Waals surface area contributed by atoms with Gasteiger partial charge in [0.2, 0.25) is 10.0 Å². The lowest BCUT2D eigenvalue weighted by molar-refractivity contribution is -0.384. The number of nitrogens with one attached hydrogen (secondary N) is 1. The van der Waals surface area contributed by atoms with E-state index < -0.39 is 20.6 Å². The fourth-order valence-electron chi connectivity index (χ4n) is 1.60. The molecule has 3 N–H and O–H groups in total. The number of hydrogen-bond acceptors (Lipinski definition) is 5. The largest absolute Gasteiger partial charge is 0.393 e. The predicted octanol–water partition coefficient (Wildman–Crippen LogP) is 0.864. The van der Waals surface area contributed by atoms with Crippen molar-refractivity contribution >= 4 is 21.4 Å². The maximum absolute atomic E-state index is 11.9. The Kier molecular flexibility index (Phi) is 2.99. The van der Waals surface area contributed by atoms with Gasteiger partial charge in [-0.15, -0.1) is 0 Å². The van der Waals surface area contributed by atoms with Crippen LogP contribution in [0.3, 0.4) is 0 Å². The topological polar surface area (TPSA) is 115 Å². The van der Waals surface area contributed by atoms with Crippen molar-refractivity contribution in [2.75, 3.05) is 5.73 Å². The lowest BCUT2D eigenvalue weighted by atomic mass is 10.3. The van der Waals surface area contributed by atoms with E-state index in [-0.39, 0.29) is 16.6 Å². The first-order valence-corrected chi connectivity index (χ1v) is 6.86. The average Bonchev–Trinajstić information content (AvgIpc) is 2.92. The molecule has 1 aromatic carbocycles. The molecular formula is C10H13N3O4S. The first-order valence-electron chi connectivity index (χ1n) is 5.37. The van der Waals surface area contributed by atoms with Crippen LogP contribution in [-0.2, 0) is 10.0 Å². The highest BCUT2D eigenvalue weighted by Gasteiger charge is 2.36. The van der Waals surface area contributed by atoms with E-state index >= 15 is 0 Å². The lowest BCUT2D eigenvalue weighted by Crippen LogP contribution is -2.26. The van der Waals surface area contributed by atoms with Crippen LogP contribution in [0.15, 0.2) is 23.1 Å². The SMILES string of the molecule is CC1CC1NS(=O)(=O)c1ccc(N)c([N+](=O)[O-])c1. The van der Waals surface area contributed by atoms with E-state index in [1.165, 1.54) is 12.1 Å². The van der Waals surface area contributed by atoms with Gasteiger partial charge in [-0.3, -0.25) is 10.1 Å². The maximum Gasteiger partial charge on any atom is 0.293 e. The van der Waals surface area contributed by atoms with Crippen molar-refractivity contribution in [1.29, 1.82) is 0 Å². The van der Waals surface area contributed by atoms with Crippen LogP contribution in [-0.4, -0.2) is 19.4 Å². The van der Waals surface area contributed by atoms with Gasteiger partial charge in [0, 0.05) is 12.1 Å². The van der Waals surface area contributed by atoms with E-state index in [2.05, 4.69) is 4.72 Å². The van der Waals surface area contributed by atoms with E-state index in [0.29, 0.717) is 5.92 Å². The van der Waals surface area contributed by atoms with E-state index in [1.807, 2.05) is 6.92 Å². The molecule has 0 aliphatic heterocycles. The van der Waals surface area contributed by atoms with Crippen molar-refractivity contribution in [2.45, 2.75) is 24.3 Å². The molecule has 1 saturated carbocycles. The highest BCUT2D eigenvalue weighted by atomic mass is 32.2. The van der Waals surface area contributed by atoms with E-state index in [4.69, 9.17) is 5.73 Å². The summed E-state index contributed by atoms with van der Waals surface area (Å²) < 4.78 is 26.4. The first kappa shape index (κ1) is 12.8. The van der Waals surface area contributed by atoms with Gasteiger partial charge in [-0.2, -0.15) is 0 Å². The van der Waals surface area contributed by atoms with Gasteiger partial charge in [0.15, 0.2) is 0 Å². The zero-order valence-electron chi connectivity index (χ0n) is 9.66. The molecule has 1 aliphatic carbocycles. The van der Waals surface area contributed by atoms with Gasteiger partial charge in [-0.05, 0) is 24.5 Å². The van der Waals surface area contributed by atoms with Crippen LogP contribution >= 0.6 is 0 Å². The molecule has 0 radical (unpaired) electrons. The molecule has 0 aromatic heterocycles. The quantitative estimate of drug-likeness (QED) is 0.479. The zero-order valence-corrected chi connectivity index (χ0v) is 10.5. The van der Waals surface area contributed by atoms with Crippen LogP contribution < -0.4 is 10.5 Å². The molecule has 1 fully saturated rings. The summed E-state index contributed by atoms with van der Waals surface area (Å²) in [4.78, 5) is 9.86. The molecule has 2 unspecified atom stereocenters. The summed E-state index contributed by atoms with van der Waals surface area (Å²) in [5.74, 6) is 0.309. The van der Waals surface area contributed by atoms with E-state index in [1.54, 1.807) is 0 Å². The Labute approximate surface area is 104 Å². The van der Waals surface area contributed by atoms with Gasteiger partial charge >= 0.3 is 0 Å². The normalized spacial score (nSPS) is 22.7. The predicted molar refractivity (Wildman–Crippen MR) is 65.4 cm³/mol. The number of nitrogens with zero attached hydrogens (tertiary/aromatic N) is 1. The Hall–Kier alpha value is -1.67. The van der Waals surface area contributed by atoms with Gasteiger partial charge in [0.05, 0.1) is 9.82 Å². The number of rotatable bonds is 4. The first-order chi connectivity index (χ1) is 8.31. The minimum absolute atomic E-state index is 0.0567. The molecule has 1 aliphatic rings. The second-order valence-electron chi connectivity index (χ2n) is 4.42. The fourth-order valence-corrected chi connectivity index (χ4v) is 2.98. The molecule has 2 rings (SSSR count). The fraction of sp³-hybridized carbons (Fsp3) is 0.400. The number of hydrogen-bond donors (Lipinski definition) is 2. The molecule has 2 atom stereocenters. The lowest BCUT2D eigenvalue weighted by Gasteiger charge is -2.06. The minimum atomic E-state index is -3.71. The van der Waals surface area contributed by atoms with Gasteiger partial charge in [-0.25, -0.2) is 13.1 Å². The molecule has 1 aromatic rings. The minimum Gasteiger partial charge on any atom is -0.393 e. The average molecular weight is 271 g/mol. The van der Waals surface area contributed by atoms with Crippen molar-refractivity contribution in [3.8, 4) is 0 Å².